The van der Waals surface area contributed by atoms with Gasteiger partial charge in [-0.3, -0.25) is 4.79 Å². The average molecular weight is 488 g/mol. The van der Waals surface area contributed by atoms with E-state index in [-0.39, 0.29) is 24.3 Å². The molecule has 0 saturated carbocycles. The number of sulfonamides is 1. The Morgan fingerprint density at radius 1 is 1.12 bits per heavy atom. The molecule has 33 heavy (non-hydrogen) atoms. The van der Waals surface area contributed by atoms with Crippen LogP contribution in [0.1, 0.15) is 50.9 Å². The van der Waals surface area contributed by atoms with E-state index in [2.05, 4.69) is 10.0 Å². The molecule has 1 aromatic carbocycles. The highest BCUT2D eigenvalue weighted by Gasteiger charge is 2.25. The zero-order chi connectivity index (χ0) is 25.0. The van der Waals surface area contributed by atoms with Crippen molar-refractivity contribution in [3.63, 3.8) is 0 Å². The number of carbonyl (C=O) groups is 1. The number of carbonyl (C=O) groups excluding carboxylic acids is 1. The maximum Gasteiger partial charge on any atom is 0.255 e. The molecule has 0 aliphatic carbocycles. The van der Waals surface area contributed by atoms with Crippen LogP contribution < -0.4 is 20.5 Å². The number of hydrogen-bond acceptors (Lipinski definition) is 7. The van der Waals surface area contributed by atoms with Crippen molar-refractivity contribution < 1.29 is 27.8 Å². The van der Waals surface area contributed by atoms with Crippen molar-refractivity contribution in [3.8, 4) is 5.75 Å². The predicted molar refractivity (Wildman–Crippen MR) is 130 cm³/mol. The fourth-order valence-corrected chi connectivity index (χ4v) is 3.84. The van der Waals surface area contributed by atoms with E-state index in [1.54, 1.807) is 39.2 Å². The van der Waals surface area contributed by atoms with E-state index in [4.69, 9.17) is 15.2 Å². The molecular formula is C23H41N3O6S. The van der Waals surface area contributed by atoms with Crippen LogP contribution in [-0.4, -0.2) is 70.2 Å². The minimum absolute atomic E-state index is 0.00455. The van der Waals surface area contributed by atoms with Crippen molar-refractivity contribution in [2.75, 3.05) is 33.4 Å². The van der Waals surface area contributed by atoms with Crippen LogP contribution in [-0.2, 0) is 14.8 Å². The minimum atomic E-state index is -3.48. The lowest BCUT2D eigenvalue weighted by Gasteiger charge is -2.27. The van der Waals surface area contributed by atoms with E-state index < -0.39 is 27.4 Å². The third-order valence-corrected chi connectivity index (χ3v) is 7.34. The SMILES string of the molecule is COCCCOc1ccccc1C(=O)NCC(CC(N)C(O)CNS(=O)(=O)C(C)C)C(C)C. The van der Waals surface area contributed by atoms with E-state index in [9.17, 15) is 18.3 Å². The van der Waals surface area contributed by atoms with E-state index >= 15 is 0 Å². The number of aliphatic hydroxyl groups is 1. The molecule has 0 saturated heterocycles. The molecule has 0 spiro atoms. The summed E-state index contributed by atoms with van der Waals surface area (Å²) in [4.78, 5) is 12.8. The van der Waals surface area contributed by atoms with E-state index in [0.29, 0.717) is 37.5 Å². The highest BCUT2D eigenvalue weighted by Crippen LogP contribution is 2.20. The number of para-hydroxylation sites is 1. The molecule has 0 bridgehead atoms. The van der Waals surface area contributed by atoms with Gasteiger partial charge in [-0.05, 0) is 44.2 Å². The van der Waals surface area contributed by atoms with Crippen molar-refractivity contribution in [1.29, 1.82) is 0 Å². The van der Waals surface area contributed by atoms with Gasteiger partial charge in [0, 0.05) is 39.3 Å². The Balaban J connectivity index is 2.67. The summed E-state index contributed by atoms with van der Waals surface area (Å²) in [6, 6.07) is 6.42. The summed E-state index contributed by atoms with van der Waals surface area (Å²) in [7, 11) is -1.85. The second kappa shape index (κ2) is 14.5. The van der Waals surface area contributed by atoms with Gasteiger partial charge < -0.3 is 25.6 Å². The van der Waals surface area contributed by atoms with Gasteiger partial charge in [-0.2, -0.15) is 0 Å². The summed E-state index contributed by atoms with van der Waals surface area (Å²) >= 11 is 0. The molecular weight excluding hydrogens is 446 g/mol. The highest BCUT2D eigenvalue weighted by molar-refractivity contribution is 7.90. The van der Waals surface area contributed by atoms with Crippen LogP contribution >= 0.6 is 0 Å². The smallest absolute Gasteiger partial charge is 0.255 e. The van der Waals surface area contributed by atoms with Crippen LogP contribution in [0.4, 0.5) is 0 Å². The maximum absolute atomic E-state index is 12.8. The molecule has 0 aromatic heterocycles. The van der Waals surface area contributed by atoms with Crippen LogP contribution in [0, 0.1) is 11.8 Å². The molecule has 3 unspecified atom stereocenters. The first kappa shape index (κ1) is 29.3. The van der Waals surface area contributed by atoms with Gasteiger partial charge in [0.1, 0.15) is 5.75 Å². The summed E-state index contributed by atoms with van der Waals surface area (Å²) in [5, 5.41) is 12.7. The molecule has 0 aliphatic heterocycles. The summed E-state index contributed by atoms with van der Waals surface area (Å²) < 4.78 is 36.9. The Bertz CT molecular complexity index is 816. The Morgan fingerprint density at radius 3 is 2.39 bits per heavy atom. The van der Waals surface area contributed by atoms with Gasteiger partial charge in [-0.1, -0.05) is 26.0 Å². The van der Waals surface area contributed by atoms with Gasteiger partial charge in [0.2, 0.25) is 10.0 Å². The highest BCUT2D eigenvalue weighted by atomic mass is 32.2. The van der Waals surface area contributed by atoms with Gasteiger partial charge in [-0.25, -0.2) is 13.1 Å². The Kier molecular flexibility index (Phi) is 12.9. The van der Waals surface area contributed by atoms with Gasteiger partial charge in [-0.15, -0.1) is 0 Å². The number of rotatable bonds is 16. The first-order valence-corrected chi connectivity index (χ1v) is 12.9. The first-order valence-electron chi connectivity index (χ1n) is 11.4. The zero-order valence-corrected chi connectivity index (χ0v) is 21.2. The lowest BCUT2D eigenvalue weighted by atomic mass is 9.87. The second-order valence-corrected chi connectivity index (χ2v) is 11.1. The first-order chi connectivity index (χ1) is 15.5. The lowest BCUT2D eigenvalue weighted by Crippen LogP contribution is -2.46. The number of ether oxygens (including phenoxy) is 2. The molecule has 190 valence electrons. The maximum atomic E-state index is 12.8. The molecule has 1 rings (SSSR count). The second-order valence-electron chi connectivity index (χ2n) is 8.81. The summed E-state index contributed by atoms with van der Waals surface area (Å²) in [6.45, 7) is 8.41. The third-order valence-electron chi connectivity index (χ3n) is 5.53. The molecule has 9 nitrogen and oxygen atoms in total. The van der Waals surface area contributed by atoms with Gasteiger partial charge in [0.25, 0.3) is 5.91 Å². The van der Waals surface area contributed by atoms with Crippen LogP contribution in [0.2, 0.25) is 0 Å². The monoisotopic (exact) mass is 487 g/mol. The summed E-state index contributed by atoms with van der Waals surface area (Å²) in [5.41, 5.74) is 6.60. The number of benzene rings is 1. The molecule has 5 N–H and O–H groups in total. The van der Waals surface area contributed by atoms with Crippen molar-refractivity contribution >= 4 is 15.9 Å². The predicted octanol–water partition coefficient (Wildman–Crippen LogP) is 1.51. The average Bonchev–Trinajstić information content (AvgIpc) is 2.77. The van der Waals surface area contributed by atoms with Crippen LogP contribution in [0.5, 0.6) is 5.75 Å². The molecule has 1 amide bonds. The fraction of sp³-hybridized carbons (Fsp3) is 0.696. The number of hydrogen-bond donors (Lipinski definition) is 4. The summed E-state index contributed by atoms with van der Waals surface area (Å²) in [6.07, 6.45) is 0.115. The number of nitrogens with one attached hydrogen (secondary N) is 2. The molecule has 0 heterocycles. The lowest BCUT2D eigenvalue weighted by molar-refractivity contribution is 0.0928. The van der Waals surface area contributed by atoms with Crippen molar-refractivity contribution in [1.82, 2.24) is 10.0 Å². The Morgan fingerprint density at radius 2 is 1.79 bits per heavy atom. The van der Waals surface area contributed by atoms with Crippen molar-refractivity contribution in [2.45, 2.75) is 57.9 Å². The van der Waals surface area contributed by atoms with Gasteiger partial charge in [0.15, 0.2) is 0 Å². The zero-order valence-electron chi connectivity index (χ0n) is 20.4. The Labute approximate surface area is 198 Å². The standard InChI is InChI=1S/C23H41N3O6S/c1-16(2)18(13-20(24)21(27)15-26-33(29,30)17(3)4)14-25-23(28)19-9-6-7-10-22(19)32-12-8-11-31-5/h6-7,9-10,16-18,20-21,26-27H,8,11-15,24H2,1-5H3,(H,25,28). The fourth-order valence-electron chi connectivity index (χ4n) is 3.10. The van der Waals surface area contributed by atoms with Crippen LogP contribution in [0.15, 0.2) is 24.3 Å². The molecule has 0 fully saturated rings. The summed E-state index contributed by atoms with van der Waals surface area (Å²) in [5.74, 6) is 0.449. The Hall–Kier alpha value is -1.72. The van der Waals surface area contributed by atoms with Crippen LogP contribution in [0.3, 0.4) is 0 Å². The topological polar surface area (TPSA) is 140 Å². The normalized spacial score (nSPS) is 14.8. The van der Waals surface area contributed by atoms with E-state index in [1.807, 2.05) is 19.9 Å². The van der Waals surface area contributed by atoms with E-state index in [1.165, 1.54) is 0 Å². The molecule has 10 heteroatoms. The van der Waals surface area contributed by atoms with Crippen LogP contribution in [0.25, 0.3) is 0 Å². The molecule has 0 aliphatic rings. The third kappa shape index (κ3) is 10.4. The number of nitrogens with two attached hydrogens (primary N) is 1. The molecule has 0 radical (unpaired) electrons. The van der Waals surface area contributed by atoms with Gasteiger partial charge >= 0.3 is 0 Å². The number of aliphatic hydroxyl groups excluding tert-OH is 1. The largest absolute Gasteiger partial charge is 0.493 e. The minimum Gasteiger partial charge on any atom is -0.493 e. The quantitative estimate of drug-likeness (QED) is 0.259. The molecule has 1 aromatic rings. The van der Waals surface area contributed by atoms with Crippen molar-refractivity contribution in [2.24, 2.45) is 17.6 Å². The van der Waals surface area contributed by atoms with E-state index in [0.717, 1.165) is 6.42 Å². The van der Waals surface area contributed by atoms with Gasteiger partial charge in [0.05, 0.1) is 23.5 Å². The van der Waals surface area contributed by atoms with Crippen molar-refractivity contribution in [3.05, 3.63) is 29.8 Å². The molecule has 3 atom stereocenters. The number of methoxy groups -OCH3 is 1. The number of amides is 1.